The van der Waals surface area contributed by atoms with Crippen LogP contribution in [-0.4, -0.2) is 27.7 Å². The topological polar surface area (TPSA) is 71.8 Å². The second-order valence-electron chi connectivity index (χ2n) is 3.90. The first-order valence-electron chi connectivity index (χ1n) is 5.56. The Labute approximate surface area is 105 Å². The van der Waals surface area contributed by atoms with Gasteiger partial charge in [0, 0.05) is 26.4 Å². The number of hydrogen-bond donors (Lipinski definition) is 2. The van der Waals surface area contributed by atoms with Gasteiger partial charge in [-0.1, -0.05) is 0 Å². The zero-order valence-electron chi connectivity index (χ0n) is 10.6. The molecule has 0 aliphatic carbocycles. The molecule has 0 atom stereocenters. The van der Waals surface area contributed by atoms with Crippen LogP contribution >= 0.6 is 0 Å². The van der Waals surface area contributed by atoms with E-state index in [0.29, 0.717) is 17.2 Å². The van der Waals surface area contributed by atoms with Crippen molar-refractivity contribution in [2.45, 2.75) is 6.92 Å². The smallest absolute Gasteiger partial charge is 0.260 e. The monoisotopic (exact) mass is 245 g/mol. The summed E-state index contributed by atoms with van der Waals surface area (Å²) in [7, 11) is 3.51. The quantitative estimate of drug-likeness (QED) is 0.857. The fourth-order valence-electron chi connectivity index (χ4n) is 1.70. The molecular weight excluding hydrogens is 230 g/mol. The highest BCUT2D eigenvalue weighted by molar-refractivity contribution is 6.07. The number of hydrogen-bond acceptors (Lipinski definition) is 4. The van der Waals surface area contributed by atoms with E-state index in [-0.39, 0.29) is 5.91 Å². The van der Waals surface area contributed by atoms with Gasteiger partial charge in [0.05, 0.1) is 11.3 Å². The average Bonchev–Trinajstić information content (AvgIpc) is 2.67. The van der Waals surface area contributed by atoms with E-state index < -0.39 is 0 Å². The molecule has 0 bridgehead atoms. The van der Waals surface area contributed by atoms with Gasteiger partial charge in [-0.2, -0.15) is 5.10 Å². The lowest BCUT2D eigenvalue weighted by atomic mass is 10.2. The summed E-state index contributed by atoms with van der Waals surface area (Å²) in [6, 6.07) is 5.26. The maximum Gasteiger partial charge on any atom is 0.260 e. The van der Waals surface area contributed by atoms with Gasteiger partial charge in [0.15, 0.2) is 0 Å². The molecule has 0 fully saturated rings. The summed E-state index contributed by atoms with van der Waals surface area (Å²) in [5.41, 5.74) is 1.35. The van der Waals surface area contributed by atoms with Gasteiger partial charge in [0.2, 0.25) is 0 Å². The molecule has 2 heterocycles. The lowest BCUT2D eigenvalue weighted by Crippen LogP contribution is -2.16. The number of amides is 1. The number of rotatable bonds is 3. The number of anilines is 2. The molecule has 0 saturated carbocycles. The zero-order chi connectivity index (χ0) is 13.1. The standard InChI is InChI=1S/C12H15N5O/c1-8-7-10(17(3)16-8)15-12(18)9-5-4-6-14-11(9)13-2/h4-7H,1-3H3,(H,13,14)(H,15,18). The highest BCUT2D eigenvalue weighted by atomic mass is 16.1. The van der Waals surface area contributed by atoms with Crippen molar-refractivity contribution in [3.8, 4) is 0 Å². The van der Waals surface area contributed by atoms with Crippen LogP contribution in [0.3, 0.4) is 0 Å². The van der Waals surface area contributed by atoms with Gasteiger partial charge in [-0.15, -0.1) is 0 Å². The van der Waals surface area contributed by atoms with Crippen LogP contribution in [0.15, 0.2) is 24.4 Å². The fourth-order valence-corrected chi connectivity index (χ4v) is 1.70. The van der Waals surface area contributed by atoms with Gasteiger partial charge in [-0.3, -0.25) is 9.48 Å². The molecule has 6 nitrogen and oxygen atoms in total. The second-order valence-corrected chi connectivity index (χ2v) is 3.90. The minimum atomic E-state index is -0.213. The largest absolute Gasteiger partial charge is 0.372 e. The van der Waals surface area contributed by atoms with Crippen molar-refractivity contribution in [1.82, 2.24) is 14.8 Å². The first kappa shape index (κ1) is 12.1. The highest BCUT2D eigenvalue weighted by Gasteiger charge is 2.13. The average molecular weight is 245 g/mol. The first-order valence-corrected chi connectivity index (χ1v) is 5.56. The van der Waals surface area contributed by atoms with Crippen LogP contribution in [0.5, 0.6) is 0 Å². The third-order valence-corrected chi connectivity index (χ3v) is 2.53. The minimum absolute atomic E-state index is 0.213. The van der Waals surface area contributed by atoms with Crippen molar-refractivity contribution in [1.29, 1.82) is 0 Å². The molecule has 18 heavy (non-hydrogen) atoms. The second kappa shape index (κ2) is 4.87. The molecular formula is C12H15N5O. The molecule has 0 aliphatic heterocycles. The Kier molecular flexibility index (Phi) is 3.27. The van der Waals surface area contributed by atoms with E-state index >= 15 is 0 Å². The predicted octanol–water partition coefficient (Wildman–Crippen LogP) is 1.42. The molecule has 0 aliphatic rings. The van der Waals surface area contributed by atoms with Crippen molar-refractivity contribution in [2.24, 2.45) is 7.05 Å². The fraction of sp³-hybridized carbons (Fsp3) is 0.250. The van der Waals surface area contributed by atoms with Gasteiger partial charge >= 0.3 is 0 Å². The van der Waals surface area contributed by atoms with Gasteiger partial charge in [-0.25, -0.2) is 4.98 Å². The number of nitrogens with one attached hydrogen (secondary N) is 2. The summed E-state index contributed by atoms with van der Waals surface area (Å²) >= 11 is 0. The van der Waals surface area contributed by atoms with Gasteiger partial charge in [0.1, 0.15) is 11.6 Å². The van der Waals surface area contributed by atoms with Crippen LogP contribution < -0.4 is 10.6 Å². The highest BCUT2D eigenvalue weighted by Crippen LogP contribution is 2.14. The molecule has 0 spiro atoms. The first-order chi connectivity index (χ1) is 8.61. The molecule has 2 aromatic rings. The van der Waals surface area contributed by atoms with Crippen LogP contribution in [0.25, 0.3) is 0 Å². The van der Waals surface area contributed by atoms with Crippen LogP contribution in [0.2, 0.25) is 0 Å². The summed E-state index contributed by atoms with van der Waals surface area (Å²) in [4.78, 5) is 16.2. The summed E-state index contributed by atoms with van der Waals surface area (Å²) in [5.74, 6) is 0.993. The molecule has 0 saturated heterocycles. The Morgan fingerprint density at radius 2 is 2.22 bits per heavy atom. The summed E-state index contributed by atoms with van der Waals surface area (Å²) in [5, 5.41) is 9.86. The van der Waals surface area contributed by atoms with E-state index in [0.717, 1.165) is 5.69 Å². The molecule has 94 valence electrons. The number of nitrogens with zero attached hydrogens (tertiary/aromatic N) is 3. The molecule has 1 amide bonds. The van der Waals surface area contributed by atoms with Crippen LogP contribution in [0, 0.1) is 6.92 Å². The van der Waals surface area contributed by atoms with Crippen molar-refractivity contribution in [3.63, 3.8) is 0 Å². The molecule has 0 unspecified atom stereocenters. The van der Waals surface area contributed by atoms with Gasteiger partial charge < -0.3 is 10.6 Å². The summed E-state index contributed by atoms with van der Waals surface area (Å²) in [6.07, 6.45) is 1.64. The Balaban J connectivity index is 2.24. The van der Waals surface area contributed by atoms with Crippen molar-refractivity contribution in [3.05, 3.63) is 35.7 Å². The van der Waals surface area contributed by atoms with E-state index in [1.807, 2.05) is 13.0 Å². The normalized spacial score (nSPS) is 10.2. The summed E-state index contributed by atoms with van der Waals surface area (Å²) < 4.78 is 1.63. The number of carbonyl (C=O) groups is 1. The molecule has 0 radical (unpaired) electrons. The third-order valence-electron chi connectivity index (χ3n) is 2.53. The Hall–Kier alpha value is -2.37. The van der Waals surface area contributed by atoms with Gasteiger partial charge in [0.25, 0.3) is 5.91 Å². The molecule has 6 heteroatoms. The minimum Gasteiger partial charge on any atom is -0.372 e. The molecule has 0 aromatic carbocycles. The SMILES string of the molecule is CNc1ncccc1C(=O)Nc1cc(C)nn1C. The number of aryl methyl sites for hydroxylation is 2. The zero-order valence-corrected chi connectivity index (χ0v) is 10.6. The van der Waals surface area contributed by atoms with E-state index in [2.05, 4.69) is 20.7 Å². The number of carbonyl (C=O) groups excluding carboxylic acids is 1. The number of pyridine rings is 1. The van der Waals surface area contributed by atoms with Crippen molar-refractivity contribution >= 4 is 17.5 Å². The maximum atomic E-state index is 12.1. The lowest BCUT2D eigenvalue weighted by molar-refractivity contribution is 0.102. The molecule has 2 aromatic heterocycles. The van der Waals surface area contributed by atoms with Gasteiger partial charge in [-0.05, 0) is 19.1 Å². The number of aromatic nitrogens is 3. The lowest BCUT2D eigenvalue weighted by Gasteiger charge is -2.08. The third kappa shape index (κ3) is 2.32. The van der Waals surface area contributed by atoms with Crippen molar-refractivity contribution < 1.29 is 4.79 Å². The van der Waals surface area contributed by atoms with E-state index in [4.69, 9.17) is 0 Å². The van der Waals surface area contributed by atoms with E-state index in [1.165, 1.54) is 0 Å². The Bertz CT molecular complexity index is 576. The molecule has 2 N–H and O–H groups in total. The van der Waals surface area contributed by atoms with Crippen LogP contribution in [0.4, 0.5) is 11.6 Å². The van der Waals surface area contributed by atoms with E-state index in [9.17, 15) is 4.79 Å². The van der Waals surface area contributed by atoms with Crippen LogP contribution in [0.1, 0.15) is 16.1 Å². The van der Waals surface area contributed by atoms with Crippen LogP contribution in [-0.2, 0) is 7.05 Å². The summed E-state index contributed by atoms with van der Waals surface area (Å²) in [6.45, 7) is 1.87. The Morgan fingerprint density at radius 3 is 2.83 bits per heavy atom. The Morgan fingerprint density at radius 1 is 1.44 bits per heavy atom. The van der Waals surface area contributed by atoms with E-state index in [1.54, 1.807) is 37.1 Å². The predicted molar refractivity (Wildman–Crippen MR) is 69.7 cm³/mol. The van der Waals surface area contributed by atoms with Crippen molar-refractivity contribution in [2.75, 3.05) is 17.7 Å². The maximum absolute atomic E-state index is 12.1. The molecule has 2 rings (SSSR count).